The number of ether oxygens (including phenoxy) is 4. The van der Waals surface area contributed by atoms with Crippen molar-refractivity contribution in [3.8, 4) is 24.0 Å². The van der Waals surface area contributed by atoms with Crippen molar-refractivity contribution in [3.05, 3.63) is 11.6 Å². The van der Waals surface area contributed by atoms with Crippen LogP contribution in [0.4, 0.5) is 194 Å². The van der Waals surface area contributed by atoms with Gasteiger partial charge in [0.05, 0.1) is 0 Å². The van der Waals surface area contributed by atoms with Crippen LogP contribution in [0.3, 0.4) is 0 Å². The molecule has 4 aromatic heterocycles. The highest BCUT2D eigenvalue weighted by Crippen LogP contribution is 2.64. The standard InChI is InChI=1S/C65H64F36N18O4/c66-50(67,54(74,75)58(82,83)62(90,91)92)25-120-45-108-43(109-46(112-45)121-26-51(68,69)55(76,77)59(84,85)63(93,94)95)118-10-6-116(7-11-118)41-105-40(115-3-1-2-114(4-5-115)39-103-37(36-34-18-29-14-30(20-34)21-35(36)19-29)102-38(104-39)49-22-31-15-32(23-49)17-33(16-31)24-49)106-42(107-41)117-8-12-119(13-9-117)44-110-47(122-27-52(70,71)56(78,79)60(86,87)64(96,97)98)113-48(111-44)123-28-53(72,73)57(80,81)61(88,89)65(99,100)101/h29-36H,1-28H2. The molecule has 4 aromatic rings. The number of hydrogen-bond acceptors (Lipinski definition) is 22. The van der Waals surface area contributed by atoms with Crippen molar-refractivity contribution in [1.29, 1.82) is 0 Å². The van der Waals surface area contributed by atoms with Gasteiger partial charge in [-0.3, -0.25) is 0 Å². The maximum Gasteiger partial charge on any atom is 0.460 e. The van der Waals surface area contributed by atoms with Gasteiger partial charge in [0, 0.05) is 89.9 Å². The lowest BCUT2D eigenvalue weighted by Crippen LogP contribution is -2.62. The molecule has 15 rings (SSSR count). The number of nitrogens with zero attached hydrogens (tertiary/aromatic N) is 18. The largest absolute Gasteiger partial charge is 0.460 e. The lowest BCUT2D eigenvalue weighted by molar-refractivity contribution is -0.398. The van der Waals surface area contributed by atoms with Crippen LogP contribution in [-0.2, 0) is 5.41 Å². The molecule has 0 radical (unpaired) electrons. The van der Waals surface area contributed by atoms with E-state index in [0.29, 0.717) is 59.0 Å². The summed E-state index contributed by atoms with van der Waals surface area (Å²) in [6.07, 6.45) is -18.3. The normalized spacial score (nSPS) is 25.3. The quantitative estimate of drug-likeness (QED) is 0.0484. The molecule has 7 heterocycles. The molecule has 0 spiro atoms. The fourth-order valence-corrected chi connectivity index (χ4v) is 17.7. The van der Waals surface area contributed by atoms with E-state index in [1.54, 1.807) is 4.90 Å². The van der Waals surface area contributed by atoms with E-state index in [-0.39, 0.29) is 61.8 Å². The third kappa shape index (κ3) is 16.6. The lowest BCUT2D eigenvalue weighted by atomic mass is 9.49. The Morgan fingerprint density at radius 2 is 0.472 bits per heavy atom. The van der Waals surface area contributed by atoms with Gasteiger partial charge in [0.25, 0.3) is 0 Å². The molecule has 22 nitrogen and oxygen atoms in total. The van der Waals surface area contributed by atoms with E-state index in [2.05, 4.69) is 63.8 Å². The van der Waals surface area contributed by atoms with Crippen LogP contribution in [0.1, 0.15) is 94.6 Å². The van der Waals surface area contributed by atoms with Crippen LogP contribution in [0.25, 0.3) is 0 Å². The second-order valence-corrected chi connectivity index (χ2v) is 31.9. The average Bonchev–Trinajstić information content (AvgIpc) is 0.881. The Kier molecular flexibility index (Phi) is 23.2. The predicted molar refractivity (Wildman–Crippen MR) is 342 cm³/mol. The fourth-order valence-electron chi connectivity index (χ4n) is 17.7. The van der Waals surface area contributed by atoms with Gasteiger partial charge in [-0.1, -0.05) is 0 Å². The Hall–Kier alpha value is -8.48. The molecule has 3 saturated heterocycles. The number of hydrogen-bond donors (Lipinski definition) is 0. The topological polar surface area (TPSA) is 211 Å². The molecule has 0 unspecified atom stereocenters. The Morgan fingerprint density at radius 1 is 0.244 bits per heavy atom. The summed E-state index contributed by atoms with van der Waals surface area (Å²) in [7, 11) is 0. The van der Waals surface area contributed by atoms with E-state index in [1.165, 1.54) is 9.80 Å². The van der Waals surface area contributed by atoms with Crippen molar-refractivity contribution in [3.63, 3.8) is 0 Å². The molecule has 58 heteroatoms. The van der Waals surface area contributed by atoms with Gasteiger partial charge in [0.1, 0.15) is 11.6 Å². The van der Waals surface area contributed by atoms with Gasteiger partial charge in [-0.05, 0) is 118 Å². The van der Waals surface area contributed by atoms with E-state index >= 15 is 0 Å². The summed E-state index contributed by atoms with van der Waals surface area (Å²) in [4.78, 5) is 56.7. The molecule has 3 aliphatic heterocycles. The molecule has 690 valence electrons. The third-order valence-corrected chi connectivity index (χ3v) is 23.6. The zero-order valence-electron chi connectivity index (χ0n) is 62.2. The summed E-state index contributed by atoms with van der Waals surface area (Å²) in [5.41, 5.74) is -0.325. The van der Waals surface area contributed by atoms with Gasteiger partial charge in [-0.25, -0.2) is 4.98 Å². The van der Waals surface area contributed by atoms with Crippen LogP contribution in [0.5, 0.6) is 24.0 Å². The van der Waals surface area contributed by atoms with E-state index in [1.807, 2.05) is 4.90 Å². The number of aromatic nitrogens is 12. The van der Waals surface area contributed by atoms with E-state index in [9.17, 15) is 158 Å². The molecule has 123 heavy (non-hydrogen) atoms. The van der Waals surface area contributed by atoms with Crippen molar-refractivity contribution in [2.45, 2.75) is 184 Å². The molecule has 0 amide bonds. The highest BCUT2D eigenvalue weighted by molar-refractivity contribution is 5.50. The monoisotopic (exact) mass is 1840 g/mol. The molecule has 11 fully saturated rings. The molecule has 0 atom stereocenters. The van der Waals surface area contributed by atoms with Gasteiger partial charge in [-0.15, -0.1) is 9.97 Å². The second kappa shape index (κ2) is 30.9. The van der Waals surface area contributed by atoms with Crippen LogP contribution in [0.15, 0.2) is 0 Å². The number of piperazine rings is 2. The summed E-state index contributed by atoms with van der Waals surface area (Å²) >= 11 is 0. The van der Waals surface area contributed by atoms with Crippen molar-refractivity contribution >= 4 is 35.7 Å². The fraction of sp³-hybridized carbons (Fsp3) is 0.815. The Bertz CT molecular complexity index is 4070. The smallest absolute Gasteiger partial charge is 0.457 e. The summed E-state index contributed by atoms with van der Waals surface area (Å²) in [5.74, 6) is -85.2. The van der Waals surface area contributed by atoms with E-state index in [0.717, 1.165) is 80.4 Å². The lowest BCUT2D eigenvalue weighted by Gasteiger charge is -2.56. The van der Waals surface area contributed by atoms with Gasteiger partial charge in [0.15, 0.2) is 26.4 Å². The zero-order chi connectivity index (χ0) is 90.6. The van der Waals surface area contributed by atoms with E-state index in [4.69, 9.17) is 15.0 Å². The van der Waals surface area contributed by atoms with Crippen LogP contribution < -0.4 is 48.3 Å². The minimum absolute atomic E-state index is 0.00387. The molecule has 8 aliphatic carbocycles. The summed E-state index contributed by atoms with van der Waals surface area (Å²) in [6.45, 7) is -18.0. The predicted octanol–water partition coefficient (Wildman–Crippen LogP) is 15.2. The summed E-state index contributed by atoms with van der Waals surface area (Å²) in [6, 6.07) is -8.18. The van der Waals surface area contributed by atoms with E-state index < -0.39 is 210 Å². The van der Waals surface area contributed by atoms with Crippen LogP contribution in [-0.4, -0.2) is 261 Å². The minimum atomic E-state index is -7.58. The second-order valence-electron chi connectivity index (χ2n) is 31.9. The number of anilines is 6. The van der Waals surface area contributed by atoms with Crippen molar-refractivity contribution < 1.29 is 177 Å². The van der Waals surface area contributed by atoms with Crippen molar-refractivity contribution in [2.24, 2.45) is 41.4 Å². The van der Waals surface area contributed by atoms with Gasteiger partial charge in [-0.2, -0.15) is 203 Å². The third-order valence-electron chi connectivity index (χ3n) is 23.6. The van der Waals surface area contributed by atoms with Gasteiger partial charge < -0.3 is 48.3 Å². The first-order chi connectivity index (χ1) is 56.4. The molecule has 8 saturated carbocycles. The molecule has 8 bridgehead atoms. The minimum Gasteiger partial charge on any atom is -0.457 e. The molecular weight excluding hydrogens is 1780 g/mol. The first-order valence-corrected chi connectivity index (χ1v) is 37.2. The maximum absolute atomic E-state index is 14.8. The van der Waals surface area contributed by atoms with Crippen molar-refractivity contribution in [1.82, 2.24) is 59.8 Å². The average molecular weight is 1850 g/mol. The molecule has 11 aliphatic rings. The van der Waals surface area contributed by atoms with Gasteiger partial charge in [0.2, 0.25) is 35.7 Å². The first-order valence-electron chi connectivity index (χ1n) is 37.2. The zero-order valence-corrected chi connectivity index (χ0v) is 62.2. The summed E-state index contributed by atoms with van der Waals surface area (Å²) in [5, 5.41) is 0. The number of halogens is 36. The highest BCUT2D eigenvalue weighted by Gasteiger charge is 2.86. The highest BCUT2D eigenvalue weighted by atomic mass is 19.5. The first kappa shape index (κ1) is 92.2. The Labute approximate surface area is 667 Å². The van der Waals surface area contributed by atoms with Gasteiger partial charge >= 0.3 is 120 Å². The molecule has 0 N–H and O–H groups in total. The Balaban J connectivity index is 0.813. The summed E-state index contributed by atoms with van der Waals surface area (Å²) < 4.78 is 517. The maximum atomic E-state index is 14.8. The van der Waals surface area contributed by atoms with Crippen LogP contribution in [0.2, 0.25) is 0 Å². The Morgan fingerprint density at radius 3 is 0.724 bits per heavy atom. The van der Waals surface area contributed by atoms with Crippen LogP contribution >= 0.6 is 0 Å². The molecular formula is C65H64F36N18O4. The number of rotatable bonds is 28. The number of alkyl halides is 36. The SMILES string of the molecule is FC(F)(F)C(F)(F)C(F)(F)C(F)(F)COc1nc(OCC(F)(F)C(F)(F)C(F)(F)C(F)(F)F)nc(N2CCN(c3nc(N4CCN(c5nc(OCC(F)(F)C(F)(F)C(F)(F)C(F)(F)F)nc(OCC(F)(F)C(F)(F)C(F)(F)C(F)(F)F)n5)CC4)nc(N4CCCN(c5nc(C6C7CC8CC(C7)CC6C8)nc(C67CC8CC(CC(C8)C6)C7)n5)CC4)n3)CC2)n1. The molecule has 0 aromatic carbocycles. The van der Waals surface area contributed by atoms with Crippen LogP contribution in [0, 0.1) is 41.4 Å². The van der Waals surface area contributed by atoms with Crippen molar-refractivity contribution in [2.75, 3.05) is 134 Å².